The second-order valence-electron chi connectivity index (χ2n) is 3.65. The second kappa shape index (κ2) is 6.20. The Kier molecular flexibility index (Phi) is 4.90. The molecule has 0 aromatic heterocycles. The average Bonchev–Trinajstić information content (AvgIpc) is 2.30. The summed E-state index contributed by atoms with van der Waals surface area (Å²) in [6.45, 7) is 1.92. The number of hydrogen-bond acceptors (Lipinski definition) is 4. The van der Waals surface area contributed by atoms with Crippen LogP contribution in [0, 0.1) is 5.82 Å². The standard InChI is InChI=1S/C12H16FNO3/c1-8(14)10-7-9(13)3-4-11(10)17-6-5-12(15)16-2/h3-4,7-8H,5-6,14H2,1-2H3. The molecule has 0 spiro atoms. The molecule has 2 N–H and O–H groups in total. The number of carbonyl (C=O) groups excluding carboxylic acids is 1. The summed E-state index contributed by atoms with van der Waals surface area (Å²) in [5.74, 6) is -0.225. The van der Waals surface area contributed by atoms with Crippen LogP contribution in [-0.4, -0.2) is 19.7 Å². The summed E-state index contributed by atoms with van der Waals surface area (Å²) in [6, 6.07) is 3.79. The minimum Gasteiger partial charge on any atom is -0.493 e. The maximum atomic E-state index is 13.0. The quantitative estimate of drug-likeness (QED) is 0.798. The van der Waals surface area contributed by atoms with Gasteiger partial charge >= 0.3 is 5.97 Å². The predicted octanol–water partition coefficient (Wildman–Crippen LogP) is 1.79. The molecule has 1 aromatic carbocycles. The number of ether oxygens (including phenoxy) is 2. The van der Waals surface area contributed by atoms with Crippen molar-refractivity contribution in [2.24, 2.45) is 5.73 Å². The van der Waals surface area contributed by atoms with Gasteiger partial charge in [-0.3, -0.25) is 4.79 Å². The van der Waals surface area contributed by atoms with Crippen molar-refractivity contribution in [3.8, 4) is 5.75 Å². The fourth-order valence-electron chi connectivity index (χ4n) is 1.35. The van der Waals surface area contributed by atoms with Crippen molar-refractivity contribution in [3.05, 3.63) is 29.6 Å². The molecule has 1 rings (SSSR count). The van der Waals surface area contributed by atoms with Crippen LogP contribution in [0.5, 0.6) is 5.75 Å². The summed E-state index contributed by atoms with van der Waals surface area (Å²) < 4.78 is 22.9. The topological polar surface area (TPSA) is 61.5 Å². The lowest BCUT2D eigenvalue weighted by molar-refractivity contribution is -0.141. The molecule has 5 heteroatoms. The van der Waals surface area contributed by atoms with Crippen molar-refractivity contribution in [2.75, 3.05) is 13.7 Å². The van der Waals surface area contributed by atoms with Crippen LogP contribution >= 0.6 is 0 Å². The first-order chi connectivity index (χ1) is 8.04. The number of methoxy groups -OCH3 is 1. The molecule has 17 heavy (non-hydrogen) atoms. The van der Waals surface area contributed by atoms with E-state index in [2.05, 4.69) is 4.74 Å². The van der Waals surface area contributed by atoms with E-state index in [0.717, 1.165) is 0 Å². The van der Waals surface area contributed by atoms with E-state index in [0.29, 0.717) is 11.3 Å². The van der Waals surface area contributed by atoms with Crippen LogP contribution in [0.1, 0.15) is 24.9 Å². The highest BCUT2D eigenvalue weighted by molar-refractivity contribution is 5.69. The zero-order valence-corrected chi connectivity index (χ0v) is 9.90. The van der Waals surface area contributed by atoms with Crippen molar-refractivity contribution in [3.63, 3.8) is 0 Å². The summed E-state index contributed by atoms with van der Waals surface area (Å²) in [6.07, 6.45) is 0.145. The highest BCUT2D eigenvalue weighted by Crippen LogP contribution is 2.24. The third-order valence-corrected chi connectivity index (χ3v) is 2.25. The van der Waals surface area contributed by atoms with E-state index in [1.54, 1.807) is 6.92 Å². The SMILES string of the molecule is COC(=O)CCOc1ccc(F)cc1C(C)N. The van der Waals surface area contributed by atoms with E-state index in [1.807, 2.05) is 0 Å². The molecule has 0 saturated carbocycles. The Bertz CT molecular complexity index is 393. The maximum absolute atomic E-state index is 13.0. The van der Waals surface area contributed by atoms with Gasteiger partial charge in [0.15, 0.2) is 0 Å². The number of nitrogens with two attached hydrogens (primary N) is 1. The normalized spacial score (nSPS) is 12.0. The van der Waals surface area contributed by atoms with Crippen LogP contribution < -0.4 is 10.5 Å². The van der Waals surface area contributed by atoms with E-state index in [4.69, 9.17) is 10.5 Å². The van der Waals surface area contributed by atoms with Crippen LogP contribution in [0.3, 0.4) is 0 Å². The Labute approximate surface area is 99.5 Å². The molecule has 1 aromatic rings. The molecule has 1 atom stereocenters. The molecule has 0 aliphatic rings. The fraction of sp³-hybridized carbons (Fsp3) is 0.417. The van der Waals surface area contributed by atoms with E-state index in [1.165, 1.54) is 25.3 Å². The minimum atomic E-state index is -0.363. The zero-order valence-electron chi connectivity index (χ0n) is 9.90. The maximum Gasteiger partial charge on any atom is 0.308 e. The summed E-state index contributed by atoms with van der Waals surface area (Å²) in [5, 5.41) is 0. The number of rotatable bonds is 5. The average molecular weight is 241 g/mol. The van der Waals surface area contributed by atoms with Gasteiger partial charge in [0.1, 0.15) is 11.6 Å². The molecule has 0 heterocycles. The van der Waals surface area contributed by atoms with Gasteiger partial charge in [-0.1, -0.05) is 0 Å². The van der Waals surface area contributed by atoms with Gasteiger partial charge < -0.3 is 15.2 Å². The minimum absolute atomic E-state index is 0.145. The molecule has 0 aliphatic carbocycles. The molecule has 94 valence electrons. The van der Waals surface area contributed by atoms with Crippen molar-refractivity contribution >= 4 is 5.97 Å². The van der Waals surface area contributed by atoms with Crippen LogP contribution in [0.2, 0.25) is 0 Å². The molecule has 4 nitrogen and oxygen atoms in total. The molecule has 0 aliphatic heterocycles. The van der Waals surface area contributed by atoms with Gasteiger partial charge in [0.05, 0.1) is 20.1 Å². The van der Waals surface area contributed by atoms with Gasteiger partial charge in [-0.25, -0.2) is 4.39 Å². The van der Waals surface area contributed by atoms with Gasteiger partial charge in [-0.2, -0.15) is 0 Å². The van der Waals surface area contributed by atoms with Gasteiger partial charge in [0.25, 0.3) is 0 Å². The molecule has 1 unspecified atom stereocenters. The van der Waals surface area contributed by atoms with E-state index < -0.39 is 0 Å². The van der Waals surface area contributed by atoms with Crippen molar-refractivity contribution in [2.45, 2.75) is 19.4 Å². The monoisotopic (exact) mass is 241 g/mol. The van der Waals surface area contributed by atoms with Crippen LogP contribution in [0.4, 0.5) is 4.39 Å². The van der Waals surface area contributed by atoms with Crippen LogP contribution in [0.15, 0.2) is 18.2 Å². The lowest BCUT2D eigenvalue weighted by Crippen LogP contribution is -2.11. The number of esters is 1. The Balaban J connectivity index is 2.67. The van der Waals surface area contributed by atoms with Crippen LogP contribution in [-0.2, 0) is 9.53 Å². The largest absolute Gasteiger partial charge is 0.493 e. The Morgan fingerprint density at radius 1 is 1.53 bits per heavy atom. The number of benzene rings is 1. The third-order valence-electron chi connectivity index (χ3n) is 2.25. The summed E-state index contributed by atoms with van der Waals surface area (Å²) in [7, 11) is 1.31. The van der Waals surface area contributed by atoms with Crippen LogP contribution in [0.25, 0.3) is 0 Å². The highest BCUT2D eigenvalue weighted by Gasteiger charge is 2.10. The molecule has 0 bridgehead atoms. The first-order valence-corrected chi connectivity index (χ1v) is 5.29. The van der Waals surface area contributed by atoms with Crippen molar-refractivity contribution < 1.29 is 18.7 Å². The Morgan fingerprint density at radius 2 is 2.24 bits per heavy atom. The van der Waals surface area contributed by atoms with E-state index in [-0.39, 0.29) is 30.9 Å². The molecular weight excluding hydrogens is 225 g/mol. The zero-order chi connectivity index (χ0) is 12.8. The highest BCUT2D eigenvalue weighted by atomic mass is 19.1. The molecule has 0 saturated heterocycles. The molecule has 0 amide bonds. The third kappa shape index (κ3) is 4.03. The number of carbonyl (C=O) groups is 1. The Hall–Kier alpha value is -1.62. The molecule has 0 fully saturated rings. The summed E-state index contributed by atoms with van der Waals surface area (Å²) in [4.78, 5) is 10.9. The predicted molar refractivity (Wildman–Crippen MR) is 61.1 cm³/mol. The van der Waals surface area contributed by atoms with Gasteiger partial charge in [0.2, 0.25) is 0 Å². The Morgan fingerprint density at radius 3 is 2.82 bits per heavy atom. The second-order valence-corrected chi connectivity index (χ2v) is 3.65. The van der Waals surface area contributed by atoms with Gasteiger partial charge in [0, 0.05) is 11.6 Å². The van der Waals surface area contributed by atoms with Crippen molar-refractivity contribution in [1.82, 2.24) is 0 Å². The van der Waals surface area contributed by atoms with E-state index in [9.17, 15) is 9.18 Å². The molecular formula is C12H16FNO3. The fourth-order valence-corrected chi connectivity index (χ4v) is 1.35. The number of halogens is 1. The first-order valence-electron chi connectivity index (χ1n) is 5.29. The lowest BCUT2D eigenvalue weighted by Gasteiger charge is -2.13. The summed E-state index contributed by atoms with van der Waals surface area (Å²) >= 11 is 0. The molecule has 0 radical (unpaired) electrons. The summed E-state index contributed by atoms with van der Waals surface area (Å²) in [5.41, 5.74) is 6.28. The lowest BCUT2D eigenvalue weighted by atomic mass is 10.1. The van der Waals surface area contributed by atoms with Crippen molar-refractivity contribution in [1.29, 1.82) is 0 Å². The van der Waals surface area contributed by atoms with E-state index >= 15 is 0 Å². The smallest absolute Gasteiger partial charge is 0.308 e. The first kappa shape index (κ1) is 13.4. The number of hydrogen-bond donors (Lipinski definition) is 1. The van der Waals surface area contributed by atoms with Gasteiger partial charge in [-0.05, 0) is 25.1 Å². The van der Waals surface area contributed by atoms with Gasteiger partial charge in [-0.15, -0.1) is 0 Å².